The minimum atomic E-state index is -0.355. The van der Waals surface area contributed by atoms with Gasteiger partial charge in [0.2, 0.25) is 5.91 Å². The van der Waals surface area contributed by atoms with Crippen LogP contribution in [0.1, 0.15) is 32.3 Å². The average Bonchev–Trinajstić information content (AvgIpc) is 3.54. The molecule has 29 heavy (non-hydrogen) atoms. The van der Waals surface area contributed by atoms with Gasteiger partial charge in [0, 0.05) is 24.2 Å². The van der Waals surface area contributed by atoms with Crippen molar-refractivity contribution >= 4 is 23.3 Å². The first-order chi connectivity index (χ1) is 14.1. The first-order valence-corrected chi connectivity index (χ1v) is 9.93. The van der Waals surface area contributed by atoms with Crippen LogP contribution in [0.3, 0.4) is 0 Å². The van der Waals surface area contributed by atoms with Gasteiger partial charge in [-0.2, -0.15) is 0 Å². The number of anilines is 2. The molecule has 0 bridgehead atoms. The molecule has 0 aliphatic heterocycles. The van der Waals surface area contributed by atoms with E-state index < -0.39 is 0 Å². The van der Waals surface area contributed by atoms with Gasteiger partial charge in [-0.3, -0.25) is 4.79 Å². The van der Waals surface area contributed by atoms with Crippen molar-refractivity contribution in [2.45, 2.75) is 33.2 Å². The van der Waals surface area contributed by atoms with Crippen molar-refractivity contribution in [2.24, 2.45) is 5.92 Å². The van der Waals surface area contributed by atoms with Crippen molar-refractivity contribution in [3.63, 3.8) is 0 Å². The zero-order chi connectivity index (χ0) is 20.6. The van der Waals surface area contributed by atoms with Crippen molar-refractivity contribution in [2.75, 3.05) is 23.8 Å². The van der Waals surface area contributed by atoms with E-state index in [-0.39, 0.29) is 17.9 Å². The predicted molar refractivity (Wildman–Crippen MR) is 112 cm³/mol. The number of amides is 3. The second-order valence-corrected chi connectivity index (χ2v) is 6.80. The normalized spacial score (nSPS) is 12.8. The molecule has 0 unspecified atom stereocenters. The van der Waals surface area contributed by atoms with E-state index in [0.717, 1.165) is 24.1 Å². The largest absolute Gasteiger partial charge is 0.494 e. The summed E-state index contributed by atoms with van der Waals surface area (Å²) in [6.45, 7) is 5.14. The van der Waals surface area contributed by atoms with Crippen molar-refractivity contribution < 1.29 is 19.1 Å². The monoisotopic (exact) mass is 397 g/mol. The molecule has 1 saturated carbocycles. The molecule has 0 spiro atoms. The number of carbonyl (C=O) groups is 2. The molecule has 3 N–H and O–H groups in total. The van der Waals surface area contributed by atoms with Crippen LogP contribution in [-0.2, 0) is 11.3 Å². The molecule has 0 aromatic heterocycles. The van der Waals surface area contributed by atoms with E-state index in [9.17, 15) is 9.59 Å². The smallest absolute Gasteiger partial charge is 0.319 e. The Morgan fingerprint density at radius 1 is 1.00 bits per heavy atom. The Morgan fingerprint density at radius 3 is 2.52 bits per heavy atom. The van der Waals surface area contributed by atoms with E-state index >= 15 is 0 Å². The fourth-order valence-corrected chi connectivity index (χ4v) is 2.84. The summed E-state index contributed by atoms with van der Waals surface area (Å²) in [5, 5.41) is 8.55. The number of carbonyl (C=O) groups excluding carboxylic acids is 2. The molecule has 3 rings (SSSR count). The zero-order valence-electron chi connectivity index (χ0n) is 16.8. The molecule has 3 amide bonds. The van der Waals surface area contributed by atoms with Crippen LogP contribution in [0, 0.1) is 5.92 Å². The lowest BCUT2D eigenvalue weighted by molar-refractivity contribution is -0.117. The number of urea groups is 1. The Kier molecular flexibility index (Phi) is 6.94. The molecule has 2 aromatic rings. The molecule has 1 aliphatic rings. The van der Waals surface area contributed by atoms with Gasteiger partial charge in [0.25, 0.3) is 0 Å². The van der Waals surface area contributed by atoms with Gasteiger partial charge in [-0.05, 0) is 56.5 Å². The molecule has 0 heterocycles. The van der Waals surface area contributed by atoms with Crippen LogP contribution in [0.5, 0.6) is 11.5 Å². The van der Waals surface area contributed by atoms with Crippen LogP contribution < -0.4 is 25.4 Å². The third kappa shape index (κ3) is 6.14. The molecule has 1 fully saturated rings. The molecular formula is C22H27N3O4. The third-order valence-corrected chi connectivity index (χ3v) is 4.41. The summed E-state index contributed by atoms with van der Waals surface area (Å²) in [6, 6.07) is 12.4. The Bertz CT molecular complexity index is 865. The van der Waals surface area contributed by atoms with Gasteiger partial charge in [0.05, 0.1) is 18.9 Å². The van der Waals surface area contributed by atoms with Gasteiger partial charge in [-0.15, -0.1) is 0 Å². The maximum absolute atomic E-state index is 12.4. The van der Waals surface area contributed by atoms with Crippen molar-refractivity contribution in [1.82, 2.24) is 5.32 Å². The van der Waals surface area contributed by atoms with Crippen LogP contribution >= 0.6 is 0 Å². The number of hydrogen-bond acceptors (Lipinski definition) is 4. The van der Waals surface area contributed by atoms with Crippen molar-refractivity contribution in [3.05, 3.63) is 48.0 Å². The molecule has 7 nitrogen and oxygen atoms in total. The summed E-state index contributed by atoms with van der Waals surface area (Å²) >= 11 is 0. The van der Waals surface area contributed by atoms with Gasteiger partial charge < -0.3 is 25.4 Å². The van der Waals surface area contributed by atoms with E-state index in [4.69, 9.17) is 9.47 Å². The summed E-state index contributed by atoms with van der Waals surface area (Å²) in [6.07, 6.45) is 1.92. The summed E-state index contributed by atoms with van der Waals surface area (Å²) < 4.78 is 11.1. The van der Waals surface area contributed by atoms with Gasteiger partial charge in [0.1, 0.15) is 11.5 Å². The zero-order valence-corrected chi connectivity index (χ0v) is 16.8. The number of benzene rings is 2. The minimum absolute atomic E-state index is 0.0606. The molecule has 7 heteroatoms. The molecule has 0 atom stereocenters. The number of rotatable bonds is 9. The lowest BCUT2D eigenvalue weighted by Gasteiger charge is -2.14. The second-order valence-electron chi connectivity index (χ2n) is 6.80. The highest BCUT2D eigenvalue weighted by Gasteiger charge is 2.29. The molecular weight excluding hydrogens is 370 g/mol. The van der Waals surface area contributed by atoms with E-state index in [0.29, 0.717) is 36.9 Å². The highest BCUT2D eigenvalue weighted by atomic mass is 16.5. The van der Waals surface area contributed by atoms with Gasteiger partial charge in [-0.1, -0.05) is 12.1 Å². The van der Waals surface area contributed by atoms with Crippen molar-refractivity contribution in [3.8, 4) is 11.5 Å². The number of nitrogens with one attached hydrogen (secondary N) is 3. The Labute approximate surface area is 170 Å². The van der Waals surface area contributed by atoms with Gasteiger partial charge >= 0.3 is 6.03 Å². The third-order valence-electron chi connectivity index (χ3n) is 4.41. The second kappa shape index (κ2) is 9.82. The lowest BCUT2D eigenvalue weighted by atomic mass is 10.2. The Hall–Kier alpha value is -3.22. The van der Waals surface area contributed by atoms with Gasteiger partial charge in [-0.25, -0.2) is 4.79 Å². The standard InChI is InChI=1S/C22H27N3O4/c1-3-28-18-10-11-20(29-4-2)19(13-18)25-22(27)23-14-15-6-5-7-17(12-15)24-21(26)16-8-9-16/h5-7,10-13,16H,3-4,8-9,14H2,1-2H3,(H,24,26)(H2,23,25,27). The van der Waals surface area contributed by atoms with Crippen molar-refractivity contribution in [1.29, 1.82) is 0 Å². The average molecular weight is 397 g/mol. The number of hydrogen-bond donors (Lipinski definition) is 3. The van der Waals surface area contributed by atoms with Crippen LogP contribution in [0.15, 0.2) is 42.5 Å². The van der Waals surface area contributed by atoms with E-state index in [1.165, 1.54) is 0 Å². The molecule has 154 valence electrons. The number of ether oxygens (including phenoxy) is 2. The first kappa shape index (κ1) is 20.5. The van der Waals surface area contributed by atoms with Gasteiger partial charge in [0.15, 0.2) is 0 Å². The quantitative estimate of drug-likeness (QED) is 0.593. The lowest BCUT2D eigenvalue weighted by Crippen LogP contribution is -2.28. The molecule has 0 saturated heterocycles. The molecule has 2 aromatic carbocycles. The highest BCUT2D eigenvalue weighted by molar-refractivity contribution is 5.94. The van der Waals surface area contributed by atoms with Crippen LogP contribution in [0.4, 0.5) is 16.2 Å². The minimum Gasteiger partial charge on any atom is -0.494 e. The maximum atomic E-state index is 12.4. The van der Waals surface area contributed by atoms with Crippen LogP contribution in [0.25, 0.3) is 0 Å². The summed E-state index contributed by atoms with van der Waals surface area (Å²) in [7, 11) is 0. The van der Waals surface area contributed by atoms with Crippen LogP contribution in [0.2, 0.25) is 0 Å². The van der Waals surface area contributed by atoms with E-state index in [1.54, 1.807) is 18.2 Å². The molecule has 1 aliphatic carbocycles. The fraction of sp³-hybridized carbons (Fsp3) is 0.364. The fourth-order valence-electron chi connectivity index (χ4n) is 2.84. The summed E-state index contributed by atoms with van der Waals surface area (Å²) in [5.41, 5.74) is 2.17. The topological polar surface area (TPSA) is 88.7 Å². The summed E-state index contributed by atoms with van der Waals surface area (Å²) in [4.78, 5) is 24.3. The predicted octanol–water partition coefficient (Wildman–Crippen LogP) is 4.15. The van der Waals surface area contributed by atoms with E-state index in [1.807, 2.05) is 38.1 Å². The SMILES string of the molecule is CCOc1ccc(OCC)c(NC(=O)NCc2cccc(NC(=O)C3CC3)c2)c1. The summed E-state index contributed by atoms with van der Waals surface area (Å²) in [5.74, 6) is 1.45. The Morgan fingerprint density at radius 2 is 1.79 bits per heavy atom. The highest BCUT2D eigenvalue weighted by Crippen LogP contribution is 2.30. The first-order valence-electron chi connectivity index (χ1n) is 9.93. The molecule has 0 radical (unpaired) electrons. The maximum Gasteiger partial charge on any atom is 0.319 e. The Balaban J connectivity index is 1.58. The van der Waals surface area contributed by atoms with Crippen LogP contribution in [-0.4, -0.2) is 25.2 Å². The van der Waals surface area contributed by atoms with E-state index in [2.05, 4.69) is 16.0 Å².